The predicted octanol–water partition coefficient (Wildman–Crippen LogP) is 5.52. The fourth-order valence-corrected chi connectivity index (χ4v) is 4.98. The number of benzene rings is 1. The van der Waals surface area contributed by atoms with Crippen molar-refractivity contribution in [2.75, 3.05) is 12.4 Å². The van der Waals surface area contributed by atoms with Crippen LogP contribution in [0.2, 0.25) is 0 Å². The molecule has 1 amide bonds. The Hall–Kier alpha value is -2.58. The van der Waals surface area contributed by atoms with E-state index in [0.717, 1.165) is 36.1 Å². The van der Waals surface area contributed by atoms with Gasteiger partial charge in [-0.2, -0.15) is 0 Å². The monoisotopic (exact) mass is 432 g/mol. The van der Waals surface area contributed by atoms with Gasteiger partial charge in [-0.05, 0) is 49.8 Å². The standard InChI is InChI=1S/C22H25FN2O4S/c1-13-21(15-9-10-30-20(15)12-25(13)22(26)27)24-16-8-7-14(23)11-19(16)29-18-6-4-3-5-17(18)28-2/h7-11,17-18,24H,3-6,12H2,1-2H3,(H,26,27). The minimum absolute atomic E-state index is 0.0310. The van der Waals surface area contributed by atoms with Crippen LogP contribution in [0.15, 0.2) is 35.3 Å². The highest BCUT2D eigenvalue weighted by molar-refractivity contribution is 7.10. The van der Waals surface area contributed by atoms with Gasteiger partial charge in [0, 0.05) is 29.3 Å². The number of hydrogen-bond donors (Lipinski definition) is 2. The summed E-state index contributed by atoms with van der Waals surface area (Å²) in [5.74, 6) is 0.00605. The number of rotatable bonds is 5. The van der Waals surface area contributed by atoms with Gasteiger partial charge in [0.15, 0.2) is 0 Å². The summed E-state index contributed by atoms with van der Waals surface area (Å²) in [5, 5.41) is 14.9. The summed E-state index contributed by atoms with van der Waals surface area (Å²) in [6.07, 6.45) is 2.69. The zero-order valence-electron chi connectivity index (χ0n) is 17.0. The maximum atomic E-state index is 14.1. The summed E-state index contributed by atoms with van der Waals surface area (Å²) in [6.45, 7) is 2.09. The van der Waals surface area contributed by atoms with Crippen LogP contribution >= 0.6 is 11.3 Å². The first-order valence-corrected chi connectivity index (χ1v) is 10.9. The number of carbonyl (C=O) groups is 1. The molecule has 0 saturated heterocycles. The summed E-state index contributed by atoms with van der Waals surface area (Å²) in [5.41, 5.74) is 2.83. The average Bonchev–Trinajstić information content (AvgIpc) is 3.20. The van der Waals surface area contributed by atoms with Crippen LogP contribution in [0.5, 0.6) is 5.75 Å². The smallest absolute Gasteiger partial charge is 0.411 e. The van der Waals surface area contributed by atoms with Gasteiger partial charge in [0.1, 0.15) is 17.7 Å². The molecule has 2 aromatic rings. The van der Waals surface area contributed by atoms with Gasteiger partial charge in [0.2, 0.25) is 0 Å². The summed E-state index contributed by atoms with van der Waals surface area (Å²) in [6, 6.07) is 6.33. The number of fused-ring (bicyclic) bond motifs is 1. The van der Waals surface area contributed by atoms with E-state index in [4.69, 9.17) is 9.47 Å². The molecule has 1 aliphatic carbocycles. The number of amides is 1. The first kappa shape index (κ1) is 20.7. The molecule has 6 nitrogen and oxygen atoms in total. The van der Waals surface area contributed by atoms with E-state index in [1.54, 1.807) is 20.1 Å². The molecule has 4 rings (SSSR count). The second kappa shape index (κ2) is 8.65. The van der Waals surface area contributed by atoms with Crippen molar-refractivity contribution in [2.45, 2.75) is 51.4 Å². The number of nitrogens with zero attached hydrogens (tertiary/aromatic N) is 1. The van der Waals surface area contributed by atoms with Crippen molar-refractivity contribution < 1.29 is 23.8 Å². The van der Waals surface area contributed by atoms with Gasteiger partial charge in [-0.3, -0.25) is 4.90 Å². The topological polar surface area (TPSA) is 71.0 Å². The van der Waals surface area contributed by atoms with Crippen LogP contribution in [0.3, 0.4) is 0 Å². The first-order chi connectivity index (χ1) is 14.5. The number of halogens is 1. The molecule has 2 N–H and O–H groups in total. The Balaban J connectivity index is 1.67. The average molecular weight is 433 g/mol. The van der Waals surface area contributed by atoms with Crippen LogP contribution in [-0.2, 0) is 11.3 Å². The van der Waals surface area contributed by atoms with Crippen LogP contribution in [0.4, 0.5) is 14.9 Å². The lowest BCUT2D eigenvalue weighted by molar-refractivity contribution is -0.0227. The maximum absolute atomic E-state index is 14.1. The van der Waals surface area contributed by atoms with E-state index in [1.165, 1.54) is 28.4 Å². The van der Waals surface area contributed by atoms with Gasteiger partial charge in [-0.1, -0.05) is 6.42 Å². The molecule has 8 heteroatoms. The largest absolute Gasteiger partial charge is 0.485 e. The van der Waals surface area contributed by atoms with Crippen molar-refractivity contribution in [3.8, 4) is 5.75 Å². The third-order valence-electron chi connectivity index (χ3n) is 5.74. The SMILES string of the molecule is COC1CCCCC1Oc1cc(F)ccc1NC1=C(C)N(C(=O)O)Cc2sccc21. The number of allylic oxidation sites excluding steroid dienone is 1. The van der Waals surface area contributed by atoms with E-state index in [0.29, 0.717) is 29.4 Å². The van der Waals surface area contributed by atoms with Crippen molar-refractivity contribution in [1.29, 1.82) is 0 Å². The number of carboxylic acid groups (broad SMARTS) is 1. The molecule has 1 aliphatic heterocycles. The zero-order chi connectivity index (χ0) is 21.3. The number of ether oxygens (including phenoxy) is 2. The lowest BCUT2D eigenvalue weighted by atomic mass is 9.94. The van der Waals surface area contributed by atoms with Gasteiger partial charge < -0.3 is 19.9 Å². The molecule has 160 valence electrons. The van der Waals surface area contributed by atoms with E-state index >= 15 is 0 Å². The molecule has 2 unspecified atom stereocenters. The Morgan fingerprint density at radius 2 is 2.03 bits per heavy atom. The van der Waals surface area contributed by atoms with Crippen molar-refractivity contribution in [3.05, 3.63) is 51.6 Å². The van der Waals surface area contributed by atoms with E-state index in [-0.39, 0.29) is 12.2 Å². The number of anilines is 1. The van der Waals surface area contributed by atoms with Crippen molar-refractivity contribution >= 4 is 28.8 Å². The Labute approximate surface area is 178 Å². The van der Waals surface area contributed by atoms with E-state index in [2.05, 4.69) is 5.32 Å². The summed E-state index contributed by atoms with van der Waals surface area (Å²) in [4.78, 5) is 14.0. The van der Waals surface area contributed by atoms with Crippen LogP contribution in [0.1, 0.15) is 43.0 Å². The number of hydrogen-bond acceptors (Lipinski definition) is 5. The highest BCUT2D eigenvalue weighted by Crippen LogP contribution is 2.38. The number of methoxy groups -OCH3 is 1. The third-order valence-corrected chi connectivity index (χ3v) is 6.65. The van der Waals surface area contributed by atoms with Crippen molar-refractivity contribution in [1.82, 2.24) is 4.90 Å². The molecule has 2 atom stereocenters. The van der Waals surface area contributed by atoms with Gasteiger partial charge in [0.05, 0.1) is 24.0 Å². The molecule has 1 saturated carbocycles. The summed E-state index contributed by atoms with van der Waals surface area (Å²) < 4.78 is 25.8. The van der Waals surface area contributed by atoms with E-state index in [1.807, 2.05) is 11.4 Å². The molecule has 2 aliphatic rings. The molecule has 1 aromatic carbocycles. The zero-order valence-corrected chi connectivity index (χ0v) is 17.8. The van der Waals surface area contributed by atoms with E-state index < -0.39 is 11.9 Å². The second-order valence-corrected chi connectivity index (χ2v) is 8.57. The van der Waals surface area contributed by atoms with Crippen molar-refractivity contribution in [3.63, 3.8) is 0 Å². The molecule has 2 heterocycles. The van der Waals surface area contributed by atoms with Crippen LogP contribution in [0.25, 0.3) is 5.70 Å². The molecule has 0 radical (unpaired) electrons. The highest BCUT2D eigenvalue weighted by atomic mass is 32.1. The Morgan fingerprint density at radius 3 is 2.77 bits per heavy atom. The molecule has 1 fully saturated rings. The molecular weight excluding hydrogens is 407 g/mol. The molecule has 1 aromatic heterocycles. The fourth-order valence-electron chi connectivity index (χ4n) is 4.11. The number of thiophene rings is 1. The van der Waals surface area contributed by atoms with Gasteiger partial charge in [-0.15, -0.1) is 11.3 Å². The first-order valence-electron chi connectivity index (χ1n) is 10.0. The maximum Gasteiger partial charge on any atom is 0.411 e. The molecular formula is C22H25FN2O4S. The van der Waals surface area contributed by atoms with E-state index in [9.17, 15) is 14.3 Å². The predicted molar refractivity (Wildman–Crippen MR) is 114 cm³/mol. The molecule has 0 bridgehead atoms. The van der Waals surface area contributed by atoms with Crippen LogP contribution < -0.4 is 10.1 Å². The second-order valence-electron chi connectivity index (χ2n) is 7.57. The minimum atomic E-state index is -1.01. The van der Waals surface area contributed by atoms with Crippen LogP contribution in [-0.4, -0.2) is 35.4 Å². The lowest BCUT2D eigenvalue weighted by Crippen LogP contribution is -2.36. The Kier molecular flexibility index (Phi) is 5.97. The number of nitrogens with one attached hydrogen (secondary N) is 1. The van der Waals surface area contributed by atoms with Crippen molar-refractivity contribution in [2.24, 2.45) is 0 Å². The lowest BCUT2D eigenvalue weighted by Gasteiger charge is -2.32. The van der Waals surface area contributed by atoms with Gasteiger partial charge in [-0.25, -0.2) is 9.18 Å². The fraction of sp³-hybridized carbons (Fsp3) is 0.409. The van der Waals surface area contributed by atoms with Gasteiger partial charge in [0.25, 0.3) is 0 Å². The molecule has 0 spiro atoms. The summed E-state index contributed by atoms with van der Waals surface area (Å²) in [7, 11) is 1.67. The Morgan fingerprint density at radius 1 is 1.27 bits per heavy atom. The third kappa shape index (κ3) is 4.02. The summed E-state index contributed by atoms with van der Waals surface area (Å²) >= 11 is 1.51. The quantitative estimate of drug-likeness (QED) is 0.651. The van der Waals surface area contributed by atoms with Gasteiger partial charge >= 0.3 is 6.09 Å². The van der Waals surface area contributed by atoms with Crippen LogP contribution in [0, 0.1) is 5.82 Å². The normalized spacial score (nSPS) is 21.4. The Bertz CT molecular complexity index is 974. The molecule has 30 heavy (non-hydrogen) atoms. The minimum Gasteiger partial charge on any atom is -0.485 e. The highest BCUT2D eigenvalue weighted by Gasteiger charge is 2.30.